The monoisotopic (exact) mass is 386 g/mol. The fourth-order valence-electron chi connectivity index (χ4n) is 2.24. The summed E-state index contributed by atoms with van der Waals surface area (Å²) in [7, 11) is 0. The zero-order valence-electron chi connectivity index (χ0n) is 12.4. The van der Waals surface area contributed by atoms with Crippen molar-refractivity contribution < 1.29 is 36.4 Å². The molecule has 1 amide bonds. The van der Waals surface area contributed by atoms with E-state index in [9.17, 15) is 31.5 Å². The van der Waals surface area contributed by atoms with E-state index in [1.54, 1.807) is 0 Å². The molecule has 138 valence electrons. The van der Waals surface area contributed by atoms with E-state index in [2.05, 4.69) is 10.2 Å². The van der Waals surface area contributed by atoms with Crippen LogP contribution >= 0.6 is 11.6 Å². The summed E-state index contributed by atoms with van der Waals surface area (Å²) < 4.78 is 63.9. The Bertz CT molecular complexity index is 670. The van der Waals surface area contributed by atoms with Crippen LogP contribution in [0.2, 0.25) is 5.02 Å². The van der Waals surface area contributed by atoms with Crippen molar-refractivity contribution in [1.82, 2.24) is 10.4 Å². The molecular weight excluding hydrogens is 375 g/mol. The smallest absolute Gasteiger partial charge is 0.360 e. The summed E-state index contributed by atoms with van der Waals surface area (Å²) in [5.74, 6) is -4.23. The van der Waals surface area contributed by atoms with Crippen LogP contribution < -0.4 is 5.32 Å². The second kappa shape index (κ2) is 7.52. The highest BCUT2D eigenvalue weighted by molar-refractivity contribution is 6.30. The van der Waals surface area contributed by atoms with Gasteiger partial charge in [-0.3, -0.25) is 4.79 Å². The number of alkyl halides is 4. The molecule has 0 saturated carbocycles. The molecule has 1 aromatic rings. The lowest BCUT2D eigenvalue weighted by atomic mass is 10.1. The van der Waals surface area contributed by atoms with Crippen LogP contribution in [-0.4, -0.2) is 41.9 Å². The van der Waals surface area contributed by atoms with Gasteiger partial charge < -0.3 is 10.2 Å². The SMILES string of the molecule is O=C(NCc1cccc(Cl)c1F)[C@@H]1C[C@@H](F)CN1OC(=O)C(F)(F)F. The molecule has 1 aliphatic rings. The number of nitrogens with one attached hydrogen (secondary N) is 1. The summed E-state index contributed by atoms with van der Waals surface area (Å²) in [6.45, 7) is -0.995. The van der Waals surface area contributed by atoms with Gasteiger partial charge in [0.2, 0.25) is 5.91 Å². The first-order valence-corrected chi connectivity index (χ1v) is 7.38. The average molecular weight is 387 g/mol. The minimum Gasteiger partial charge on any atom is -0.360 e. The van der Waals surface area contributed by atoms with Crippen molar-refractivity contribution in [3.05, 3.63) is 34.6 Å². The second-order valence-corrected chi connectivity index (χ2v) is 5.66. The Morgan fingerprint density at radius 3 is 2.68 bits per heavy atom. The molecule has 0 aromatic heterocycles. The zero-order valence-corrected chi connectivity index (χ0v) is 13.2. The summed E-state index contributed by atoms with van der Waals surface area (Å²) in [5, 5.41) is 2.42. The van der Waals surface area contributed by atoms with E-state index in [4.69, 9.17) is 11.6 Å². The summed E-state index contributed by atoms with van der Waals surface area (Å²) in [6, 6.07) is 2.63. The van der Waals surface area contributed by atoms with Crippen molar-refractivity contribution >= 4 is 23.5 Å². The van der Waals surface area contributed by atoms with Crippen LogP contribution in [0.3, 0.4) is 0 Å². The number of carbonyl (C=O) groups excluding carboxylic acids is 2. The van der Waals surface area contributed by atoms with Gasteiger partial charge in [-0.05, 0) is 6.07 Å². The predicted molar refractivity (Wildman–Crippen MR) is 75.4 cm³/mol. The molecule has 2 rings (SSSR count). The number of carbonyl (C=O) groups is 2. The lowest BCUT2D eigenvalue weighted by Gasteiger charge is -2.22. The van der Waals surface area contributed by atoms with Gasteiger partial charge in [0, 0.05) is 18.5 Å². The first-order valence-electron chi connectivity index (χ1n) is 7.00. The Morgan fingerprint density at radius 2 is 2.04 bits per heavy atom. The van der Waals surface area contributed by atoms with E-state index in [1.807, 2.05) is 0 Å². The normalized spacial score (nSPS) is 21.2. The number of amides is 1. The van der Waals surface area contributed by atoms with Crippen molar-refractivity contribution in [2.75, 3.05) is 6.54 Å². The summed E-state index contributed by atoms with van der Waals surface area (Å²) in [5.41, 5.74) is 0.0366. The van der Waals surface area contributed by atoms with Crippen molar-refractivity contribution in [3.8, 4) is 0 Å². The van der Waals surface area contributed by atoms with Gasteiger partial charge in [-0.15, -0.1) is 5.06 Å². The van der Waals surface area contributed by atoms with Gasteiger partial charge in [-0.25, -0.2) is 13.6 Å². The number of benzene rings is 1. The molecule has 0 radical (unpaired) electrons. The standard InChI is InChI=1S/C14H12ClF5N2O3/c15-9-3-1-2-7(11(9)17)5-21-12(23)10-4-8(16)6-22(10)25-13(24)14(18,19)20/h1-3,8,10H,4-6H2,(H,21,23)/t8-,10+/m1/s1. The molecule has 1 aliphatic heterocycles. The number of hydroxylamine groups is 2. The minimum atomic E-state index is -5.28. The van der Waals surface area contributed by atoms with Crippen LogP contribution in [0.4, 0.5) is 22.0 Å². The maximum Gasteiger partial charge on any atom is 0.492 e. The van der Waals surface area contributed by atoms with E-state index in [1.165, 1.54) is 18.2 Å². The van der Waals surface area contributed by atoms with Crippen molar-refractivity contribution in [2.45, 2.75) is 31.4 Å². The van der Waals surface area contributed by atoms with Gasteiger partial charge in [0.05, 0.1) is 11.6 Å². The lowest BCUT2D eigenvalue weighted by Crippen LogP contribution is -2.45. The maximum atomic E-state index is 13.7. The Labute approximate surface area is 143 Å². The third kappa shape index (κ3) is 4.79. The van der Waals surface area contributed by atoms with E-state index in [-0.39, 0.29) is 17.1 Å². The first-order chi connectivity index (χ1) is 11.6. The van der Waals surface area contributed by atoms with E-state index >= 15 is 0 Å². The Balaban J connectivity index is 2.01. The van der Waals surface area contributed by atoms with E-state index < -0.39 is 49.0 Å². The molecule has 25 heavy (non-hydrogen) atoms. The van der Waals surface area contributed by atoms with Gasteiger partial charge in [0.15, 0.2) is 0 Å². The first kappa shape index (κ1) is 19.4. The molecule has 11 heteroatoms. The van der Waals surface area contributed by atoms with Crippen molar-refractivity contribution in [1.29, 1.82) is 0 Å². The number of hydrogen-bond acceptors (Lipinski definition) is 4. The topological polar surface area (TPSA) is 58.6 Å². The fraction of sp³-hybridized carbons (Fsp3) is 0.429. The molecule has 2 atom stereocenters. The molecule has 1 saturated heterocycles. The minimum absolute atomic E-state index is 0.0366. The van der Waals surface area contributed by atoms with Crippen LogP contribution in [0.25, 0.3) is 0 Å². The molecule has 1 aromatic carbocycles. The highest BCUT2D eigenvalue weighted by Crippen LogP contribution is 2.25. The number of nitrogens with zero attached hydrogens (tertiary/aromatic N) is 1. The van der Waals surface area contributed by atoms with Crippen molar-refractivity contribution in [3.63, 3.8) is 0 Å². The number of hydrogen-bond donors (Lipinski definition) is 1. The third-order valence-electron chi connectivity index (χ3n) is 3.42. The summed E-state index contributed by atoms with van der Waals surface area (Å²) in [4.78, 5) is 27.0. The van der Waals surface area contributed by atoms with Crippen molar-refractivity contribution in [2.24, 2.45) is 0 Å². The maximum absolute atomic E-state index is 13.7. The van der Waals surface area contributed by atoms with Crippen LogP contribution in [0.1, 0.15) is 12.0 Å². The molecule has 0 aliphatic carbocycles. The van der Waals surface area contributed by atoms with Gasteiger partial charge in [0.25, 0.3) is 0 Å². The van der Waals surface area contributed by atoms with Gasteiger partial charge in [-0.2, -0.15) is 13.2 Å². The molecular formula is C14H12ClF5N2O3. The van der Waals surface area contributed by atoms with E-state index in [0.29, 0.717) is 5.06 Å². The van der Waals surface area contributed by atoms with Crippen LogP contribution in [0.15, 0.2) is 18.2 Å². The number of rotatable bonds is 4. The van der Waals surface area contributed by atoms with Gasteiger partial charge >= 0.3 is 12.1 Å². The lowest BCUT2D eigenvalue weighted by molar-refractivity contribution is -0.240. The average Bonchev–Trinajstić information content (AvgIpc) is 2.88. The zero-order chi connectivity index (χ0) is 18.8. The number of halogens is 6. The molecule has 0 unspecified atom stereocenters. The third-order valence-corrected chi connectivity index (χ3v) is 3.72. The summed E-state index contributed by atoms with van der Waals surface area (Å²) in [6.07, 6.45) is -7.39. The second-order valence-electron chi connectivity index (χ2n) is 5.26. The predicted octanol–water partition coefficient (Wildman–Crippen LogP) is 2.53. The highest BCUT2D eigenvalue weighted by Gasteiger charge is 2.47. The molecule has 1 heterocycles. The Morgan fingerprint density at radius 1 is 1.36 bits per heavy atom. The molecule has 0 bridgehead atoms. The highest BCUT2D eigenvalue weighted by atomic mass is 35.5. The molecule has 1 fully saturated rings. The Kier molecular flexibility index (Phi) is 5.83. The molecule has 0 spiro atoms. The molecule has 1 N–H and O–H groups in total. The van der Waals surface area contributed by atoms with Gasteiger partial charge in [0.1, 0.15) is 18.0 Å². The van der Waals surface area contributed by atoms with Crippen LogP contribution in [-0.2, 0) is 21.0 Å². The Hall–Kier alpha value is -1.94. The van der Waals surface area contributed by atoms with E-state index in [0.717, 1.165) is 0 Å². The molecule has 5 nitrogen and oxygen atoms in total. The fourth-order valence-corrected chi connectivity index (χ4v) is 2.43. The van der Waals surface area contributed by atoms with Crippen LogP contribution in [0, 0.1) is 5.82 Å². The largest absolute Gasteiger partial charge is 0.492 e. The van der Waals surface area contributed by atoms with Gasteiger partial charge in [-0.1, -0.05) is 23.7 Å². The van der Waals surface area contributed by atoms with Crippen LogP contribution in [0.5, 0.6) is 0 Å². The quantitative estimate of drug-likeness (QED) is 0.808. The summed E-state index contributed by atoms with van der Waals surface area (Å²) >= 11 is 5.59.